The number of hydrogen-bond acceptors (Lipinski definition) is 3. The summed E-state index contributed by atoms with van der Waals surface area (Å²) in [5.74, 6) is 2.31. The number of aryl methyl sites for hydroxylation is 1. The summed E-state index contributed by atoms with van der Waals surface area (Å²) in [4.78, 5) is 0. The minimum Gasteiger partial charge on any atom is -0.315 e. The van der Waals surface area contributed by atoms with Crippen LogP contribution in [0.1, 0.15) is 48.1 Å². The molecule has 26 heavy (non-hydrogen) atoms. The van der Waals surface area contributed by atoms with Crippen LogP contribution in [0.2, 0.25) is 0 Å². The van der Waals surface area contributed by atoms with Crippen molar-refractivity contribution in [1.82, 2.24) is 20.1 Å². The van der Waals surface area contributed by atoms with Crippen molar-refractivity contribution in [3.63, 3.8) is 0 Å². The van der Waals surface area contributed by atoms with Gasteiger partial charge in [0.15, 0.2) is 0 Å². The molecule has 0 amide bonds. The summed E-state index contributed by atoms with van der Waals surface area (Å²) in [6.07, 6.45) is 5.79. The Bertz CT molecular complexity index is 882. The maximum Gasteiger partial charge on any atom is 0.134 e. The highest BCUT2D eigenvalue weighted by molar-refractivity contribution is 5.78. The fraction of sp³-hybridized carbons (Fsp3) is 0.364. The number of nitrogens with zero attached hydrogens (tertiary/aromatic N) is 3. The first-order valence-corrected chi connectivity index (χ1v) is 9.74. The summed E-state index contributed by atoms with van der Waals surface area (Å²) in [5.41, 5.74) is 5.48. The van der Waals surface area contributed by atoms with Crippen molar-refractivity contribution >= 4 is 0 Å². The van der Waals surface area contributed by atoms with E-state index < -0.39 is 0 Å². The molecule has 4 heteroatoms. The van der Waals surface area contributed by atoms with Gasteiger partial charge in [-0.3, -0.25) is 0 Å². The molecule has 5 rings (SSSR count). The Morgan fingerprint density at radius 3 is 2.38 bits per heavy atom. The quantitative estimate of drug-likeness (QED) is 0.780. The molecule has 2 aromatic carbocycles. The minimum absolute atomic E-state index is 0.272. The number of nitrogens with one attached hydrogen (secondary N) is 1. The topological polar surface area (TPSA) is 42.7 Å². The van der Waals surface area contributed by atoms with Crippen molar-refractivity contribution in [3.8, 4) is 11.1 Å². The number of hydrogen-bond donors (Lipinski definition) is 1. The fourth-order valence-corrected chi connectivity index (χ4v) is 4.43. The van der Waals surface area contributed by atoms with E-state index in [4.69, 9.17) is 0 Å². The van der Waals surface area contributed by atoms with Gasteiger partial charge >= 0.3 is 0 Å². The zero-order valence-corrected chi connectivity index (χ0v) is 15.0. The molecule has 1 N–H and O–H groups in total. The van der Waals surface area contributed by atoms with Crippen molar-refractivity contribution in [1.29, 1.82) is 0 Å². The molecule has 132 valence electrons. The highest BCUT2D eigenvalue weighted by Gasteiger charge is 2.27. The summed E-state index contributed by atoms with van der Waals surface area (Å²) in [6, 6.07) is 17.8. The van der Waals surface area contributed by atoms with E-state index in [-0.39, 0.29) is 6.04 Å². The monoisotopic (exact) mass is 344 g/mol. The average Bonchev–Trinajstić information content (AvgIpc) is 3.11. The summed E-state index contributed by atoms with van der Waals surface area (Å²) >= 11 is 0. The molecule has 1 aliphatic carbocycles. The maximum absolute atomic E-state index is 4.47. The Balaban J connectivity index is 1.34. The lowest BCUT2D eigenvalue weighted by atomic mass is 10.1. The second kappa shape index (κ2) is 6.69. The Hall–Kier alpha value is -2.46. The van der Waals surface area contributed by atoms with Crippen LogP contribution in [-0.2, 0) is 19.4 Å². The average molecular weight is 344 g/mol. The van der Waals surface area contributed by atoms with Crippen molar-refractivity contribution in [2.24, 2.45) is 0 Å². The van der Waals surface area contributed by atoms with Crippen molar-refractivity contribution in [2.45, 2.75) is 44.7 Å². The van der Waals surface area contributed by atoms with Crippen LogP contribution < -0.4 is 5.32 Å². The normalized spacial score (nSPS) is 16.0. The molecule has 0 atom stereocenters. The van der Waals surface area contributed by atoms with Gasteiger partial charge < -0.3 is 9.88 Å². The zero-order valence-electron chi connectivity index (χ0n) is 15.0. The predicted octanol–water partition coefficient (Wildman–Crippen LogP) is 3.91. The van der Waals surface area contributed by atoms with Gasteiger partial charge in [-0.2, -0.15) is 0 Å². The van der Waals surface area contributed by atoms with Crippen LogP contribution in [0.5, 0.6) is 0 Å². The minimum atomic E-state index is 0.272. The smallest absolute Gasteiger partial charge is 0.134 e. The van der Waals surface area contributed by atoms with Gasteiger partial charge in [-0.25, -0.2) is 0 Å². The van der Waals surface area contributed by atoms with E-state index >= 15 is 0 Å². The Labute approximate surface area is 154 Å². The third kappa shape index (κ3) is 2.65. The summed E-state index contributed by atoms with van der Waals surface area (Å²) in [6.45, 7) is 1.98. The predicted molar refractivity (Wildman–Crippen MR) is 103 cm³/mol. The number of benzene rings is 2. The van der Waals surface area contributed by atoms with Gasteiger partial charge in [0.05, 0.1) is 6.04 Å². The van der Waals surface area contributed by atoms with Crippen LogP contribution in [0, 0.1) is 0 Å². The van der Waals surface area contributed by atoms with Crippen molar-refractivity contribution in [3.05, 3.63) is 71.3 Å². The lowest BCUT2D eigenvalue weighted by molar-refractivity contribution is 0.568. The van der Waals surface area contributed by atoms with E-state index in [1.165, 1.54) is 47.3 Å². The lowest BCUT2D eigenvalue weighted by Gasteiger charge is -2.16. The molecule has 0 unspecified atom stereocenters. The first kappa shape index (κ1) is 15.8. The summed E-state index contributed by atoms with van der Waals surface area (Å²) in [7, 11) is 0. The Morgan fingerprint density at radius 1 is 0.885 bits per heavy atom. The van der Waals surface area contributed by atoms with Gasteiger partial charge in [-0.05, 0) is 35.1 Å². The Morgan fingerprint density at radius 2 is 1.62 bits per heavy atom. The van der Waals surface area contributed by atoms with Crippen LogP contribution in [0.25, 0.3) is 11.1 Å². The molecule has 0 spiro atoms. The van der Waals surface area contributed by atoms with Gasteiger partial charge in [-0.15, -0.1) is 10.2 Å². The largest absolute Gasteiger partial charge is 0.315 e. The molecule has 0 fully saturated rings. The standard InChI is InChI=1S/C22H24N4/c1-2-12-20-24-25-21(26(20)15-7-1)13-14-23-22-18-10-5-3-8-16(18)17-9-4-6-11-19(17)22/h3-6,8-11,22-23H,1-2,7,12-15H2. The first-order chi connectivity index (χ1) is 12.9. The van der Waals surface area contributed by atoms with Crippen LogP contribution >= 0.6 is 0 Å². The molecule has 2 aliphatic rings. The third-order valence-electron chi connectivity index (χ3n) is 5.72. The van der Waals surface area contributed by atoms with Crippen LogP contribution in [-0.4, -0.2) is 21.3 Å². The number of rotatable bonds is 4. The second-order valence-corrected chi connectivity index (χ2v) is 7.31. The highest BCUT2D eigenvalue weighted by atomic mass is 15.3. The molecule has 0 saturated heterocycles. The molecule has 1 aliphatic heterocycles. The number of fused-ring (bicyclic) bond motifs is 4. The van der Waals surface area contributed by atoms with Crippen LogP contribution in [0.3, 0.4) is 0 Å². The van der Waals surface area contributed by atoms with Gasteiger partial charge in [0.2, 0.25) is 0 Å². The van der Waals surface area contributed by atoms with Crippen LogP contribution in [0.4, 0.5) is 0 Å². The molecule has 0 bridgehead atoms. The third-order valence-corrected chi connectivity index (χ3v) is 5.72. The summed E-state index contributed by atoms with van der Waals surface area (Å²) < 4.78 is 2.35. The maximum atomic E-state index is 4.47. The van der Waals surface area contributed by atoms with Gasteiger partial charge in [-0.1, -0.05) is 55.0 Å². The van der Waals surface area contributed by atoms with E-state index in [0.717, 1.165) is 31.8 Å². The fourth-order valence-electron chi connectivity index (χ4n) is 4.43. The lowest BCUT2D eigenvalue weighted by Crippen LogP contribution is -2.24. The van der Waals surface area contributed by atoms with E-state index in [0.29, 0.717) is 0 Å². The van der Waals surface area contributed by atoms with E-state index in [2.05, 4.69) is 68.6 Å². The molecule has 1 aromatic heterocycles. The molecule has 0 radical (unpaired) electrons. The second-order valence-electron chi connectivity index (χ2n) is 7.31. The molecular weight excluding hydrogens is 320 g/mol. The van der Waals surface area contributed by atoms with Crippen LogP contribution in [0.15, 0.2) is 48.5 Å². The van der Waals surface area contributed by atoms with Crippen molar-refractivity contribution in [2.75, 3.05) is 6.54 Å². The summed E-state index contributed by atoms with van der Waals surface area (Å²) in [5, 5.41) is 12.7. The molecule has 3 aromatic rings. The van der Waals surface area contributed by atoms with E-state index in [9.17, 15) is 0 Å². The van der Waals surface area contributed by atoms with Gasteiger partial charge in [0.25, 0.3) is 0 Å². The SMILES string of the molecule is c1ccc2c(c1)-c1ccccc1C2NCCc1nnc2n1CCCCC2. The zero-order chi connectivity index (χ0) is 17.3. The molecule has 4 nitrogen and oxygen atoms in total. The first-order valence-electron chi connectivity index (χ1n) is 9.74. The van der Waals surface area contributed by atoms with Gasteiger partial charge in [0.1, 0.15) is 11.6 Å². The Kier molecular flexibility index (Phi) is 4.06. The number of aromatic nitrogens is 3. The highest BCUT2D eigenvalue weighted by Crippen LogP contribution is 2.42. The molecular formula is C22H24N4. The van der Waals surface area contributed by atoms with Crippen molar-refractivity contribution < 1.29 is 0 Å². The van der Waals surface area contributed by atoms with Gasteiger partial charge in [0, 0.05) is 25.9 Å². The molecule has 2 heterocycles. The van der Waals surface area contributed by atoms with E-state index in [1.807, 2.05) is 0 Å². The van der Waals surface area contributed by atoms with E-state index in [1.54, 1.807) is 0 Å². The molecule has 0 saturated carbocycles.